The van der Waals surface area contributed by atoms with E-state index in [1.165, 1.54) is 18.8 Å². The Morgan fingerprint density at radius 3 is 2.44 bits per heavy atom. The van der Waals surface area contributed by atoms with Gasteiger partial charge in [0, 0.05) is 0 Å². The highest BCUT2D eigenvalue weighted by Gasteiger charge is 2.36. The molecule has 0 fully saturated rings. The van der Waals surface area contributed by atoms with Crippen LogP contribution in [0.15, 0.2) is 58.9 Å². The Morgan fingerprint density at radius 1 is 1.12 bits per heavy atom. The van der Waals surface area contributed by atoms with Crippen LogP contribution in [-0.2, 0) is 9.53 Å². The van der Waals surface area contributed by atoms with Gasteiger partial charge < -0.3 is 19.9 Å². The maximum absolute atomic E-state index is 13.3. The molecule has 1 atom stereocenters. The summed E-state index contributed by atoms with van der Waals surface area (Å²) in [5.41, 5.74) is 7.51. The summed E-state index contributed by atoms with van der Waals surface area (Å²) >= 11 is 1.11. The van der Waals surface area contributed by atoms with Crippen LogP contribution in [0.3, 0.4) is 0 Å². The molecule has 9 heteroatoms. The smallest absolute Gasteiger partial charge is 0.337 e. The lowest BCUT2D eigenvalue weighted by Crippen LogP contribution is -2.40. The average Bonchev–Trinajstić information content (AvgIpc) is 3.19. The third-order valence-electron chi connectivity index (χ3n) is 5.49. The molecule has 0 bridgehead atoms. The van der Waals surface area contributed by atoms with E-state index in [2.05, 4.69) is 6.07 Å². The van der Waals surface area contributed by atoms with Crippen LogP contribution in [0.5, 0.6) is 11.5 Å². The maximum Gasteiger partial charge on any atom is 0.337 e. The fraction of sp³-hybridized carbons (Fsp3) is 0.160. The SMILES string of the molecule is COC(=O)C1=c2s/c(=C/c3cccc(OC)c3)c(=O)n2C(N)=C(C#N)[C@H]1c1cccc(OC)c1. The molecule has 0 spiro atoms. The number of carbonyl (C=O) groups excluding carboxylic acids is 1. The maximum atomic E-state index is 13.3. The van der Waals surface area contributed by atoms with E-state index in [0.717, 1.165) is 16.9 Å². The van der Waals surface area contributed by atoms with Crippen molar-refractivity contribution >= 4 is 34.8 Å². The largest absolute Gasteiger partial charge is 0.497 e. The van der Waals surface area contributed by atoms with Crippen molar-refractivity contribution in [2.45, 2.75) is 5.92 Å². The van der Waals surface area contributed by atoms with Crippen LogP contribution in [0, 0.1) is 11.3 Å². The summed E-state index contributed by atoms with van der Waals surface area (Å²) in [5, 5.41) is 9.99. The van der Waals surface area contributed by atoms with E-state index in [0.29, 0.717) is 26.3 Å². The number of esters is 1. The van der Waals surface area contributed by atoms with Gasteiger partial charge in [0.2, 0.25) is 0 Å². The second kappa shape index (κ2) is 9.29. The number of aromatic nitrogens is 1. The highest BCUT2D eigenvalue weighted by molar-refractivity contribution is 7.07. The minimum Gasteiger partial charge on any atom is -0.497 e. The van der Waals surface area contributed by atoms with Gasteiger partial charge in [-0.25, -0.2) is 4.79 Å². The van der Waals surface area contributed by atoms with E-state index in [-0.39, 0.29) is 17.0 Å². The van der Waals surface area contributed by atoms with E-state index in [1.807, 2.05) is 12.1 Å². The molecule has 0 saturated carbocycles. The van der Waals surface area contributed by atoms with Crippen LogP contribution >= 0.6 is 11.3 Å². The normalized spacial score (nSPS) is 15.5. The van der Waals surface area contributed by atoms with Gasteiger partial charge >= 0.3 is 5.97 Å². The third kappa shape index (κ3) is 3.84. The first-order chi connectivity index (χ1) is 16.4. The molecule has 1 aliphatic heterocycles. The summed E-state index contributed by atoms with van der Waals surface area (Å²) in [6.07, 6.45) is 1.69. The molecule has 0 unspecified atom stereocenters. The molecule has 3 aromatic rings. The van der Waals surface area contributed by atoms with Gasteiger partial charge in [-0.3, -0.25) is 9.36 Å². The predicted octanol–water partition coefficient (Wildman–Crippen LogP) is 1.53. The second-order valence-electron chi connectivity index (χ2n) is 7.36. The van der Waals surface area contributed by atoms with Crippen LogP contribution in [0.1, 0.15) is 17.0 Å². The van der Waals surface area contributed by atoms with Crippen LogP contribution in [0.4, 0.5) is 0 Å². The zero-order chi connectivity index (χ0) is 24.4. The molecule has 4 rings (SSSR count). The lowest BCUT2D eigenvalue weighted by Gasteiger charge is -2.24. The van der Waals surface area contributed by atoms with Crippen molar-refractivity contribution in [1.82, 2.24) is 4.57 Å². The van der Waals surface area contributed by atoms with E-state index < -0.39 is 17.4 Å². The molecule has 2 heterocycles. The average molecular weight is 476 g/mol. The van der Waals surface area contributed by atoms with Crippen LogP contribution < -0.4 is 30.0 Å². The van der Waals surface area contributed by atoms with Crippen molar-refractivity contribution in [2.24, 2.45) is 5.73 Å². The first-order valence-electron chi connectivity index (χ1n) is 10.2. The van der Waals surface area contributed by atoms with Gasteiger partial charge in [0.25, 0.3) is 5.56 Å². The zero-order valence-electron chi connectivity index (χ0n) is 18.7. The van der Waals surface area contributed by atoms with Gasteiger partial charge in [0.1, 0.15) is 22.0 Å². The number of nitriles is 1. The predicted molar refractivity (Wildman–Crippen MR) is 129 cm³/mol. The summed E-state index contributed by atoms with van der Waals surface area (Å²) in [6.45, 7) is 0. The molecule has 34 heavy (non-hydrogen) atoms. The summed E-state index contributed by atoms with van der Waals surface area (Å²) < 4.78 is 17.5. The molecule has 2 aromatic carbocycles. The third-order valence-corrected chi connectivity index (χ3v) is 6.60. The van der Waals surface area contributed by atoms with Crippen LogP contribution in [0.2, 0.25) is 0 Å². The Kier molecular flexibility index (Phi) is 6.25. The number of rotatable bonds is 5. The minimum atomic E-state index is -0.824. The van der Waals surface area contributed by atoms with Gasteiger partial charge in [0.05, 0.1) is 49.0 Å². The van der Waals surface area contributed by atoms with Crippen molar-refractivity contribution in [3.05, 3.63) is 84.8 Å². The second-order valence-corrected chi connectivity index (χ2v) is 8.39. The van der Waals surface area contributed by atoms with Crippen LogP contribution in [-0.4, -0.2) is 31.9 Å². The number of allylic oxidation sites excluding steroid dienone is 1. The number of methoxy groups -OCH3 is 3. The van der Waals surface area contributed by atoms with Gasteiger partial charge in [-0.05, 0) is 41.5 Å². The number of ether oxygens (including phenoxy) is 3. The topological polar surface area (TPSA) is 117 Å². The molecule has 2 N–H and O–H groups in total. The fourth-order valence-electron chi connectivity index (χ4n) is 3.89. The molecule has 0 amide bonds. The Hall–Kier alpha value is -4.29. The molecule has 1 aromatic heterocycles. The summed E-state index contributed by atoms with van der Waals surface area (Å²) in [7, 11) is 4.34. The number of nitrogens with zero attached hydrogens (tertiary/aromatic N) is 2. The Balaban J connectivity index is 2.08. The lowest BCUT2D eigenvalue weighted by atomic mass is 9.84. The molecule has 172 valence electrons. The molecule has 8 nitrogen and oxygen atoms in total. The van der Waals surface area contributed by atoms with Gasteiger partial charge in [-0.1, -0.05) is 24.3 Å². The van der Waals surface area contributed by atoms with Crippen molar-refractivity contribution in [3.63, 3.8) is 0 Å². The van der Waals surface area contributed by atoms with Crippen molar-refractivity contribution in [3.8, 4) is 17.6 Å². The molecule has 0 aliphatic carbocycles. The van der Waals surface area contributed by atoms with Gasteiger partial charge in [0.15, 0.2) is 0 Å². The van der Waals surface area contributed by atoms with Crippen molar-refractivity contribution in [2.75, 3.05) is 21.3 Å². The Labute approximate surface area is 199 Å². The molecule has 1 aliphatic rings. The van der Waals surface area contributed by atoms with E-state index in [1.54, 1.807) is 49.6 Å². The van der Waals surface area contributed by atoms with Gasteiger partial charge in [-0.2, -0.15) is 5.26 Å². The standard InChI is InChI=1S/C25H21N3O5S/c1-31-16-8-4-6-14(10-16)11-19-23(29)28-22(27)18(13-26)20(15-7-5-9-17(12-15)32-2)21(24(28)34-19)25(30)33-3/h4-12,20H,27H2,1-3H3/b19-11+/t20-/m1/s1. The summed E-state index contributed by atoms with van der Waals surface area (Å²) in [4.78, 5) is 26.3. The summed E-state index contributed by atoms with van der Waals surface area (Å²) in [6, 6.07) is 16.3. The quantitative estimate of drug-likeness (QED) is 0.556. The summed E-state index contributed by atoms with van der Waals surface area (Å²) in [5.74, 6) is -0.309. The van der Waals surface area contributed by atoms with Gasteiger partial charge in [-0.15, -0.1) is 11.3 Å². The highest BCUT2D eigenvalue weighted by atomic mass is 32.1. The van der Waals surface area contributed by atoms with E-state index in [9.17, 15) is 14.9 Å². The number of benzene rings is 2. The number of carbonyl (C=O) groups is 1. The van der Waals surface area contributed by atoms with Crippen molar-refractivity contribution in [1.29, 1.82) is 5.26 Å². The number of hydrogen-bond acceptors (Lipinski definition) is 8. The number of fused-ring (bicyclic) bond motifs is 1. The monoisotopic (exact) mass is 475 g/mol. The Morgan fingerprint density at radius 2 is 1.79 bits per heavy atom. The lowest BCUT2D eigenvalue weighted by molar-refractivity contribution is -0.134. The first-order valence-corrected chi connectivity index (χ1v) is 11.0. The Bertz CT molecular complexity index is 1540. The fourth-order valence-corrected chi connectivity index (χ4v) is 5.06. The number of nitrogens with two attached hydrogens (primary N) is 1. The van der Waals surface area contributed by atoms with E-state index >= 15 is 0 Å². The molecule has 0 radical (unpaired) electrons. The van der Waals surface area contributed by atoms with Crippen LogP contribution in [0.25, 0.3) is 17.5 Å². The first kappa shape index (κ1) is 22.9. The number of thiazole rings is 1. The molecular formula is C25H21N3O5S. The van der Waals surface area contributed by atoms with E-state index in [4.69, 9.17) is 19.9 Å². The zero-order valence-corrected chi connectivity index (χ0v) is 19.5. The van der Waals surface area contributed by atoms with Crippen molar-refractivity contribution < 1.29 is 19.0 Å². The molecule has 0 saturated heterocycles. The number of hydrogen-bond donors (Lipinski definition) is 1. The highest BCUT2D eigenvalue weighted by Crippen LogP contribution is 2.37. The molecular weight excluding hydrogens is 454 g/mol. The minimum absolute atomic E-state index is 0.0236.